The van der Waals surface area contributed by atoms with Gasteiger partial charge in [0.2, 0.25) is 15.9 Å². The molecule has 24 heavy (non-hydrogen) atoms. The Morgan fingerprint density at radius 3 is 2.54 bits per heavy atom. The van der Waals surface area contributed by atoms with Crippen molar-refractivity contribution in [2.24, 2.45) is 0 Å². The quantitative estimate of drug-likeness (QED) is 0.827. The first-order valence-electron chi connectivity index (χ1n) is 7.64. The van der Waals surface area contributed by atoms with Gasteiger partial charge in [0.15, 0.2) is 5.82 Å². The fourth-order valence-electron chi connectivity index (χ4n) is 2.16. The summed E-state index contributed by atoms with van der Waals surface area (Å²) < 4.78 is 31.8. The zero-order valence-corrected chi connectivity index (χ0v) is 14.7. The standard InChI is InChI=1S/C16H21N3O4S/c1-4-12(2)19(24(21,22)14-8-6-5-7-9-14)11-16(20)17-15-10-13(3)23-18-15/h5-10,12H,4,11H2,1-3H3,(H,17,18,20)/t12-/m0/s1. The summed E-state index contributed by atoms with van der Waals surface area (Å²) in [6, 6.07) is 9.33. The highest BCUT2D eigenvalue weighted by atomic mass is 32.2. The minimum atomic E-state index is -3.77. The minimum Gasteiger partial charge on any atom is -0.360 e. The molecule has 130 valence electrons. The predicted molar refractivity (Wildman–Crippen MR) is 90.0 cm³/mol. The van der Waals surface area contributed by atoms with E-state index in [0.717, 1.165) is 0 Å². The number of nitrogens with one attached hydrogen (secondary N) is 1. The number of hydrogen-bond donors (Lipinski definition) is 1. The van der Waals surface area contributed by atoms with Gasteiger partial charge in [-0.3, -0.25) is 4.79 Å². The number of carbonyl (C=O) groups excluding carboxylic acids is 1. The maximum Gasteiger partial charge on any atom is 0.243 e. The third kappa shape index (κ3) is 4.21. The summed E-state index contributed by atoms with van der Waals surface area (Å²) in [7, 11) is -3.77. The van der Waals surface area contributed by atoms with Gasteiger partial charge in [-0.15, -0.1) is 0 Å². The molecule has 2 rings (SSSR count). The zero-order valence-electron chi connectivity index (χ0n) is 13.9. The lowest BCUT2D eigenvalue weighted by molar-refractivity contribution is -0.116. The molecule has 2 aromatic rings. The van der Waals surface area contributed by atoms with E-state index in [1.54, 1.807) is 38.1 Å². The largest absolute Gasteiger partial charge is 0.360 e. The lowest BCUT2D eigenvalue weighted by Crippen LogP contribution is -2.43. The van der Waals surface area contributed by atoms with Crippen LogP contribution in [-0.4, -0.2) is 36.4 Å². The molecular formula is C16H21N3O4S. The molecule has 0 aliphatic heterocycles. The van der Waals surface area contributed by atoms with E-state index in [4.69, 9.17) is 4.52 Å². The van der Waals surface area contributed by atoms with Crippen molar-refractivity contribution in [3.05, 3.63) is 42.2 Å². The summed E-state index contributed by atoms with van der Waals surface area (Å²) >= 11 is 0. The highest BCUT2D eigenvalue weighted by molar-refractivity contribution is 7.89. The van der Waals surface area contributed by atoms with Crippen molar-refractivity contribution in [2.45, 2.75) is 38.1 Å². The first-order valence-corrected chi connectivity index (χ1v) is 9.08. The molecule has 0 saturated carbocycles. The summed E-state index contributed by atoms with van der Waals surface area (Å²) in [6.45, 7) is 5.05. The fraction of sp³-hybridized carbons (Fsp3) is 0.375. The van der Waals surface area contributed by atoms with E-state index in [0.29, 0.717) is 12.2 Å². The Bertz CT molecular complexity index is 787. The van der Waals surface area contributed by atoms with Crippen LogP contribution in [0.25, 0.3) is 0 Å². The second-order valence-corrected chi connectivity index (χ2v) is 7.38. The lowest BCUT2D eigenvalue weighted by atomic mass is 10.2. The van der Waals surface area contributed by atoms with Gasteiger partial charge in [-0.2, -0.15) is 4.31 Å². The van der Waals surface area contributed by atoms with Crippen LogP contribution in [0.4, 0.5) is 5.82 Å². The van der Waals surface area contributed by atoms with Crippen LogP contribution in [0.15, 0.2) is 45.8 Å². The minimum absolute atomic E-state index is 0.162. The van der Waals surface area contributed by atoms with Crippen LogP contribution >= 0.6 is 0 Å². The molecule has 1 aromatic heterocycles. The summed E-state index contributed by atoms with van der Waals surface area (Å²) in [5.41, 5.74) is 0. The average Bonchev–Trinajstić information content (AvgIpc) is 2.97. The van der Waals surface area contributed by atoms with Gasteiger partial charge >= 0.3 is 0 Å². The number of carbonyl (C=O) groups is 1. The molecule has 1 atom stereocenters. The molecule has 0 aliphatic rings. The summed E-state index contributed by atoms with van der Waals surface area (Å²) in [4.78, 5) is 12.4. The van der Waals surface area contributed by atoms with Crippen LogP contribution in [0, 0.1) is 6.92 Å². The molecule has 7 nitrogen and oxygen atoms in total. The first kappa shape index (κ1) is 18.2. The molecule has 0 radical (unpaired) electrons. The van der Waals surface area contributed by atoms with Crippen LogP contribution in [0.3, 0.4) is 0 Å². The Hall–Kier alpha value is -2.19. The van der Waals surface area contributed by atoms with Crippen molar-refractivity contribution in [1.29, 1.82) is 0 Å². The third-order valence-electron chi connectivity index (χ3n) is 3.63. The maximum absolute atomic E-state index is 12.8. The number of anilines is 1. The number of amides is 1. The molecule has 1 aromatic carbocycles. The monoisotopic (exact) mass is 351 g/mol. The molecule has 0 bridgehead atoms. The highest BCUT2D eigenvalue weighted by Crippen LogP contribution is 2.19. The zero-order chi connectivity index (χ0) is 17.7. The van der Waals surface area contributed by atoms with Crippen LogP contribution in [-0.2, 0) is 14.8 Å². The van der Waals surface area contributed by atoms with E-state index in [-0.39, 0.29) is 23.3 Å². The fourth-order valence-corrected chi connectivity index (χ4v) is 3.84. The Kier molecular flexibility index (Phi) is 5.74. The predicted octanol–water partition coefficient (Wildman–Crippen LogP) is 2.41. The molecule has 0 unspecified atom stereocenters. The highest BCUT2D eigenvalue weighted by Gasteiger charge is 2.30. The van der Waals surface area contributed by atoms with E-state index < -0.39 is 15.9 Å². The van der Waals surface area contributed by atoms with Crippen LogP contribution < -0.4 is 5.32 Å². The van der Waals surface area contributed by atoms with E-state index in [9.17, 15) is 13.2 Å². The van der Waals surface area contributed by atoms with E-state index >= 15 is 0 Å². The average molecular weight is 351 g/mol. The van der Waals surface area contributed by atoms with E-state index in [2.05, 4.69) is 10.5 Å². The maximum atomic E-state index is 12.8. The molecule has 1 amide bonds. The van der Waals surface area contributed by atoms with E-state index in [1.165, 1.54) is 16.4 Å². The molecule has 1 heterocycles. The van der Waals surface area contributed by atoms with Gasteiger partial charge in [-0.1, -0.05) is 30.3 Å². The van der Waals surface area contributed by atoms with Gasteiger partial charge in [0.1, 0.15) is 5.76 Å². The number of rotatable bonds is 7. The molecule has 0 fully saturated rings. The van der Waals surface area contributed by atoms with Crippen LogP contribution in [0.1, 0.15) is 26.0 Å². The molecule has 0 spiro atoms. The van der Waals surface area contributed by atoms with Gasteiger partial charge in [0.05, 0.1) is 11.4 Å². The van der Waals surface area contributed by atoms with Crippen molar-refractivity contribution in [1.82, 2.24) is 9.46 Å². The molecule has 8 heteroatoms. The SMILES string of the molecule is CC[C@H](C)N(CC(=O)Nc1cc(C)on1)S(=O)(=O)c1ccccc1. The summed E-state index contributed by atoms with van der Waals surface area (Å²) in [5, 5.41) is 6.22. The molecule has 0 saturated heterocycles. The third-order valence-corrected chi connectivity index (χ3v) is 5.60. The van der Waals surface area contributed by atoms with Gasteiger partial charge in [0, 0.05) is 12.1 Å². The van der Waals surface area contributed by atoms with Crippen molar-refractivity contribution in [3.63, 3.8) is 0 Å². The van der Waals surface area contributed by atoms with Crippen LogP contribution in [0.5, 0.6) is 0 Å². The Morgan fingerprint density at radius 2 is 2.00 bits per heavy atom. The molecule has 1 N–H and O–H groups in total. The number of sulfonamides is 1. The number of hydrogen-bond acceptors (Lipinski definition) is 5. The number of nitrogens with zero attached hydrogens (tertiary/aromatic N) is 2. The van der Waals surface area contributed by atoms with Crippen molar-refractivity contribution < 1.29 is 17.7 Å². The summed E-state index contributed by atoms with van der Waals surface area (Å²) in [6.07, 6.45) is 0.586. The summed E-state index contributed by atoms with van der Waals surface area (Å²) in [5.74, 6) is 0.350. The second-order valence-electron chi connectivity index (χ2n) is 5.49. The molecular weight excluding hydrogens is 330 g/mol. The van der Waals surface area contributed by atoms with Crippen molar-refractivity contribution in [3.8, 4) is 0 Å². The molecule has 0 aliphatic carbocycles. The van der Waals surface area contributed by atoms with Gasteiger partial charge in [-0.25, -0.2) is 8.42 Å². The number of benzene rings is 1. The smallest absolute Gasteiger partial charge is 0.243 e. The van der Waals surface area contributed by atoms with E-state index in [1.807, 2.05) is 6.92 Å². The number of aromatic nitrogens is 1. The van der Waals surface area contributed by atoms with Gasteiger partial charge < -0.3 is 9.84 Å². The van der Waals surface area contributed by atoms with Gasteiger partial charge in [0.25, 0.3) is 0 Å². The lowest BCUT2D eigenvalue weighted by Gasteiger charge is -2.27. The van der Waals surface area contributed by atoms with Crippen LogP contribution in [0.2, 0.25) is 0 Å². The topological polar surface area (TPSA) is 92.5 Å². The van der Waals surface area contributed by atoms with Crippen molar-refractivity contribution >= 4 is 21.7 Å². The Balaban J connectivity index is 2.21. The van der Waals surface area contributed by atoms with Crippen molar-refractivity contribution in [2.75, 3.05) is 11.9 Å². The first-order chi connectivity index (χ1) is 11.3. The Morgan fingerprint density at radius 1 is 1.33 bits per heavy atom. The second kappa shape index (κ2) is 7.59. The Labute approximate surface area is 141 Å². The normalized spacial score (nSPS) is 13.0. The van der Waals surface area contributed by atoms with Gasteiger partial charge in [-0.05, 0) is 32.4 Å². The number of aryl methyl sites for hydroxylation is 1.